The van der Waals surface area contributed by atoms with Crippen LogP contribution in [0.4, 0.5) is 5.69 Å². The Kier molecular flexibility index (Phi) is 3.67. The van der Waals surface area contributed by atoms with Crippen molar-refractivity contribution in [3.8, 4) is 11.3 Å². The van der Waals surface area contributed by atoms with Gasteiger partial charge in [0.15, 0.2) is 0 Å². The Morgan fingerprint density at radius 3 is 2.31 bits per heavy atom. The van der Waals surface area contributed by atoms with Crippen LogP contribution in [0.3, 0.4) is 0 Å². The highest BCUT2D eigenvalue weighted by atomic mass is 15.0. The first kappa shape index (κ1) is 15.2. The van der Waals surface area contributed by atoms with Gasteiger partial charge in [0.05, 0.1) is 22.9 Å². The van der Waals surface area contributed by atoms with Crippen LogP contribution >= 0.6 is 0 Å². The van der Waals surface area contributed by atoms with Crippen LogP contribution in [-0.2, 0) is 6.42 Å². The van der Waals surface area contributed by atoms with E-state index in [9.17, 15) is 0 Å². The molecule has 26 heavy (non-hydrogen) atoms. The molecule has 0 saturated heterocycles. The Morgan fingerprint density at radius 1 is 0.769 bits per heavy atom. The molecule has 0 spiro atoms. The van der Waals surface area contributed by atoms with Crippen molar-refractivity contribution >= 4 is 16.6 Å². The minimum absolute atomic E-state index is 0.344. The topological polar surface area (TPSA) is 24.9 Å². The first-order valence-corrected chi connectivity index (χ1v) is 9.18. The van der Waals surface area contributed by atoms with Gasteiger partial charge in [-0.05, 0) is 30.0 Å². The van der Waals surface area contributed by atoms with Gasteiger partial charge in [-0.15, -0.1) is 0 Å². The SMILES string of the molecule is c1ccc(-c2ccc3ccc4c(c3n2)N[C@H](c2ccccc2)CC4)cc1. The average molecular weight is 336 g/mol. The number of benzene rings is 3. The van der Waals surface area contributed by atoms with E-state index in [1.165, 1.54) is 22.2 Å². The largest absolute Gasteiger partial charge is 0.376 e. The molecule has 1 aromatic heterocycles. The molecule has 2 nitrogen and oxygen atoms in total. The summed E-state index contributed by atoms with van der Waals surface area (Å²) in [6, 6.07) is 30.2. The summed E-state index contributed by atoms with van der Waals surface area (Å²) < 4.78 is 0. The fourth-order valence-electron chi connectivity index (χ4n) is 3.85. The van der Waals surface area contributed by atoms with Crippen molar-refractivity contribution in [2.24, 2.45) is 0 Å². The van der Waals surface area contributed by atoms with Crippen molar-refractivity contribution in [2.75, 3.05) is 5.32 Å². The second-order valence-electron chi connectivity index (χ2n) is 6.88. The Hall–Kier alpha value is -3.13. The van der Waals surface area contributed by atoms with E-state index in [-0.39, 0.29) is 0 Å². The Morgan fingerprint density at radius 2 is 1.50 bits per heavy atom. The summed E-state index contributed by atoms with van der Waals surface area (Å²) in [7, 11) is 0. The van der Waals surface area contributed by atoms with E-state index in [0.29, 0.717) is 6.04 Å². The van der Waals surface area contributed by atoms with Crippen molar-refractivity contribution in [1.29, 1.82) is 0 Å². The standard InChI is InChI=1S/C24H20N2/c1-3-7-17(8-4-1)21-15-13-19-11-12-20-14-16-22(18-9-5-2-6-10-18)26-24(20)23(19)25-21/h1-13,15,22,26H,14,16H2/t22-/m0/s1. The van der Waals surface area contributed by atoms with E-state index in [2.05, 4.69) is 84.2 Å². The number of hydrogen-bond donors (Lipinski definition) is 1. The second kappa shape index (κ2) is 6.30. The van der Waals surface area contributed by atoms with E-state index in [0.717, 1.165) is 29.6 Å². The highest BCUT2D eigenvalue weighted by Gasteiger charge is 2.21. The van der Waals surface area contributed by atoms with Gasteiger partial charge in [0.25, 0.3) is 0 Å². The number of nitrogens with zero attached hydrogens (tertiary/aromatic N) is 1. The van der Waals surface area contributed by atoms with E-state index in [1.807, 2.05) is 6.07 Å². The minimum atomic E-state index is 0.344. The quantitative estimate of drug-likeness (QED) is 0.485. The maximum atomic E-state index is 5.02. The number of pyridine rings is 1. The van der Waals surface area contributed by atoms with Crippen molar-refractivity contribution in [2.45, 2.75) is 18.9 Å². The Labute approximate surface area is 153 Å². The maximum absolute atomic E-state index is 5.02. The van der Waals surface area contributed by atoms with E-state index >= 15 is 0 Å². The zero-order valence-corrected chi connectivity index (χ0v) is 14.5. The number of hydrogen-bond acceptors (Lipinski definition) is 2. The van der Waals surface area contributed by atoms with Gasteiger partial charge in [0.1, 0.15) is 0 Å². The summed E-state index contributed by atoms with van der Waals surface area (Å²) in [5.74, 6) is 0. The van der Waals surface area contributed by atoms with Crippen LogP contribution in [0.15, 0.2) is 84.9 Å². The van der Waals surface area contributed by atoms with Crippen molar-refractivity contribution in [1.82, 2.24) is 4.98 Å². The predicted octanol–water partition coefficient (Wildman–Crippen LogP) is 6.00. The zero-order valence-electron chi connectivity index (χ0n) is 14.5. The monoisotopic (exact) mass is 336 g/mol. The van der Waals surface area contributed by atoms with Crippen molar-refractivity contribution in [3.05, 3.63) is 96.1 Å². The Bertz CT molecular complexity index is 1060. The molecule has 2 heteroatoms. The van der Waals surface area contributed by atoms with Gasteiger partial charge in [-0.2, -0.15) is 0 Å². The lowest BCUT2D eigenvalue weighted by molar-refractivity contribution is 0.669. The first-order chi connectivity index (χ1) is 12.9. The molecule has 3 aromatic carbocycles. The van der Waals surface area contributed by atoms with Gasteiger partial charge >= 0.3 is 0 Å². The maximum Gasteiger partial charge on any atom is 0.0943 e. The van der Waals surface area contributed by atoms with Crippen LogP contribution in [0.2, 0.25) is 0 Å². The molecule has 1 aliphatic rings. The summed E-state index contributed by atoms with van der Waals surface area (Å²) in [6.45, 7) is 0. The number of nitrogens with one attached hydrogen (secondary N) is 1. The molecular formula is C24H20N2. The predicted molar refractivity (Wildman–Crippen MR) is 108 cm³/mol. The second-order valence-corrected chi connectivity index (χ2v) is 6.88. The molecule has 0 radical (unpaired) electrons. The Balaban J connectivity index is 1.61. The fraction of sp³-hybridized carbons (Fsp3) is 0.125. The van der Waals surface area contributed by atoms with E-state index in [1.54, 1.807) is 0 Å². The molecule has 1 aliphatic heterocycles. The third kappa shape index (κ3) is 2.64. The summed E-state index contributed by atoms with van der Waals surface area (Å²) in [5, 5.41) is 4.96. The molecule has 0 amide bonds. The lowest BCUT2D eigenvalue weighted by atomic mass is 9.92. The molecule has 0 aliphatic carbocycles. The molecule has 5 rings (SSSR count). The lowest BCUT2D eigenvalue weighted by Crippen LogP contribution is -2.18. The molecule has 2 heterocycles. The molecule has 0 saturated carbocycles. The van der Waals surface area contributed by atoms with Crippen LogP contribution in [-0.4, -0.2) is 4.98 Å². The van der Waals surface area contributed by atoms with Gasteiger partial charge in [-0.25, -0.2) is 4.98 Å². The molecule has 4 aromatic rings. The summed E-state index contributed by atoms with van der Waals surface area (Å²) in [4.78, 5) is 5.02. The van der Waals surface area contributed by atoms with Crippen LogP contribution in [0.25, 0.3) is 22.2 Å². The zero-order chi connectivity index (χ0) is 17.3. The summed E-state index contributed by atoms with van der Waals surface area (Å²) in [5.41, 5.74) is 7.15. The van der Waals surface area contributed by atoms with Crippen LogP contribution in [0.1, 0.15) is 23.6 Å². The highest BCUT2D eigenvalue weighted by molar-refractivity contribution is 5.94. The molecule has 0 bridgehead atoms. The van der Waals surface area contributed by atoms with E-state index < -0.39 is 0 Å². The first-order valence-electron chi connectivity index (χ1n) is 9.18. The summed E-state index contributed by atoms with van der Waals surface area (Å²) >= 11 is 0. The number of fused-ring (bicyclic) bond motifs is 3. The van der Waals surface area contributed by atoms with Gasteiger partial charge in [-0.1, -0.05) is 78.9 Å². The molecule has 0 unspecified atom stereocenters. The van der Waals surface area contributed by atoms with Gasteiger partial charge in [0.2, 0.25) is 0 Å². The van der Waals surface area contributed by atoms with Crippen molar-refractivity contribution in [3.63, 3.8) is 0 Å². The molecule has 0 fully saturated rings. The molecule has 1 N–H and O–H groups in total. The van der Waals surface area contributed by atoms with Crippen LogP contribution < -0.4 is 5.32 Å². The van der Waals surface area contributed by atoms with Gasteiger partial charge in [0, 0.05) is 10.9 Å². The molecular weight excluding hydrogens is 316 g/mol. The number of aryl methyl sites for hydroxylation is 1. The van der Waals surface area contributed by atoms with E-state index in [4.69, 9.17) is 4.98 Å². The number of rotatable bonds is 2. The third-order valence-electron chi connectivity index (χ3n) is 5.24. The molecule has 126 valence electrons. The minimum Gasteiger partial charge on any atom is -0.376 e. The number of anilines is 1. The lowest BCUT2D eigenvalue weighted by Gasteiger charge is -2.28. The van der Waals surface area contributed by atoms with Gasteiger partial charge in [-0.3, -0.25) is 0 Å². The average Bonchev–Trinajstić information content (AvgIpc) is 2.74. The number of aromatic nitrogens is 1. The van der Waals surface area contributed by atoms with Crippen LogP contribution in [0.5, 0.6) is 0 Å². The third-order valence-corrected chi connectivity index (χ3v) is 5.24. The highest BCUT2D eigenvalue weighted by Crippen LogP contribution is 2.37. The normalized spacial score (nSPS) is 16.1. The fourth-order valence-corrected chi connectivity index (χ4v) is 3.85. The van der Waals surface area contributed by atoms with Gasteiger partial charge < -0.3 is 5.32 Å². The molecule has 1 atom stereocenters. The van der Waals surface area contributed by atoms with Crippen LogP contribution in [0, 0.1) is 0 Å². The smallest absolute Gasteiger partial charge is 0.0943 e. The summed E-state index contributed by atoms with van der Waals surface area (Å²) in [6.07, 6.45) is 2.19. The van der Waals surface area contributed by atoms with Crippen molar-refractivity contribution < 1.29 is 0 Å².